The lowest BCUT2D eigenvalue weighted by Crippen LogP contribution is -2.31. The summed E-state index contributed by atoms with van der Waals surface area (Å²) in [5, 5.41) is 3.38. The highest BCUT2D eigenvalue weighted by molar-refractivity contribution is 4.75. The van der Waals surface area contributed by atoms with E-state index in [1.807, 2.05) is 0 Å². The maximum absolute atomic E-state index is 5.89. The molecule has 0 aromatic rings. The van der Waals surface area contributed by atoms with Crippen LogP contribution >= 0.6 is 0 Å². The number of hydrogen-bond donors (Lipinski definition) is 1. The molecular weight excluding hydrogens is 186 g/mol. The van der Waals surface area contributed by atoms with Gasteiger partial charge in [0.1, 0.15) is 0 Å². The van der Waals surface area contributed by atoms with Gasteiger partial charge in [0.05, 0.1) is 12.7 Å². The van der Waals surface area contributed by atoms with Crippen molar-refractivity contribution in [1.82, 2.24) is 5.32 Å². The number of rotatable bonds is 5. The Bertz CT molecular complexity index is 170. The summed E-state index contributed by atoms with van der Waals surface area (Å²) in [6.07, 6.45) is 4.37. The highest BCUT2D eigenvalue weighted by atomic mass is 16.5. The van der Waals surface area contributed by atoms with Gasteiger partial charge in [-0.3, -0.25) is 0 Å². The minimum atomic E-state index is 0.519. The van der Waals surface area contributed by atoms with E-state index < -0.39 is 0 Å². The number of hydrogen-bond acceptors (Lipinski definition) is 2. The molecule has 0 spiro atoms. The van der Waals surface area contributed by atoms with Crippen molar-refractivity contribution in [2.75, 3.05) is 13.2 Å². The van der Waals surface area contributed by atoms with Gasteiger partial charge in [-0.1, -0.05) is 27.7 Å². The zero-order chi connectivity index (χ0) is 11.3. The molecule has 0 bridgehead atoms. The van der Waals surface area contributed by atoms with Crippen LogP contribution in [0.5, 0.6) is 0 Å². The maximum Gasteiger partial charge on any atom is 0.0594 e. The van der Waals surface area contributed by atoms with Gasteiger partial charge in [-0.2, -0.15) is 0 Å². The van der Waals surface area contributed by atoms with E-state index in [0.717, 1.165) is 25.0 Å². The summed E-state index contributed by atoms with van der Waals surface area (Å²) < 4.78 is 5.89. The summed E-state index contributed by atoms with van der Waals surface area (Å²) in [5.41, 5.74) is 0. The Balaban J connectivity index is 2.07. The SMILES string of the molecule is CC(C)NCCOC1CCC(C)C(C)C1. The summed E-state index contributed by atoms with van der Waals surface area (Å²) in [6, 6.07) is 0.568. The average Bonchev–Trinajstić information content (AvgIpc) is 2.18. The minimum Gasteiger partial charge on any atom is -0.377 e. The van der Waals surface area contributed by atoms with Gasteiger partial charge in [0.25, 0.3) is 0 Å². The third-order valence-corrected chi connectivity index (χ3v) is 3.56. The Labute approximate surface area is 94.8 Å². The predicted molar refractivity (Wildman–Crippen MR) is 65.1 cm³/mol. The molecule has 3 unspecified atom stereocenters. The van der Waals surface area contributed by atoms with Gasteiger partial charge >= 0.3 is 0 Å². The molecule has 1 rings (SSSR count). The zero-order valence-corrected chi connectivity index (χ0v) is 10.8. The maximum atomic E-state index is 5.89. The van der Waals surface area contributed by atoms with Crippen LogP contribution in [0, 0.1) is 11.8 Å². The molecule has 1 fully saturated rings. The molecule has 1 N–H and O–H groups in total. The molecule has 1 aliphatic rings. The lowest BCUT2D eigenvalue weighted by Gasteiger charge is -2.32. The van der Waals surface area contributed by atoms with Crippen molar-refractivity contribution >= 4 is 0 Å². The fourth-order valence-electron chi connectivity index (χ4n) is 2.22. The Morgan fingerprint density at radius 2 is 1.93 bits per heavy atom. The van der Waals surface area contributed by atoms with E-state index in [9.17, 15) is 0 Å². The third-order valence-electron chi connectivity index (χ3n) is 3.56. The van der Waals surface area contributed by atoms with Gasteiger partial charge in [-0.05, 0) is 31.1 Å². The van der Waals surface area contributed by atoms with Crippen LogP contribution in [0.4, 0.5) is 0 Å². The zero-order valence-electron chi connectivity index (χ0n) is 10.8. The van der Waals surface area contributed by atoms with Gasteiger partial charge in [0.15, 0.2) is 0 Å². The van der Waals surface area contributed by atoms with Crippen LogP contribution < -0.4 is 5.32 Å². The highest BCUT2D eigenvalue weighted by Gasteiger charge is 2.24. The highest BCUT2D eigenvalue weighted by Crippen LogP contribution is 2.30. The molecule has 0 aromatic carbocycles. The Morgan fingerprint density at radius 3 is 2.53 bits per heavy atom. The second-order valence-electron chi connectivity index (χ2n) is 5.37. The van der Waals surface area contributed by atoms with Crippen molar-refractivity contribution in [3.63, 3.8) is 0 Å². The van der Waals surface area contributed by atoms with E-state index in [-0.39, 0.29) is 0 Å². The van der Waals surface area contributed by atoms with Crippen molar-refractivity contribution < 1.29 is 4.74 Å². The van der Waals surface area contributed by atoms with E-state index in [1.165, 1.54) is 19.3 Å². The van der Waals surface area contributed by atoms with Gasteiger partial charge in [-0.15, -0.1) is 0 Å². The van der Waals surface area contributed by atoms with Crippen molar-refractivity contribution in [3.05, 3.63) is 0 Å². The first-order chi connectivity index (χ1) is 7.09. The Hall–Kier alpha value is -0.0800. The largest absolute Gasteiger partial charge is 0.377 e. The summed E-state index contributed by atoms with van der Waals surface area (Å²) in [6.45, 7) is 10.9. The van der Waals surface area contributed by atoms with Crippen molar-refractivity contribution in [2.24, 2.45) is 11.8 Å². The molecule has 1 saturated carbocycles. The first kappa shape index (κ1) is 13.0. The quantitative estimate of drug-likeness (QED) is 0.709. The summed E-state index contributed by atoms with van der Waals surface area (Å²) in [7, 11) is 0. The van der Waals surface area contributed by atoms with Crippen molar-refractivity contribution in [3.8, 4) is 0 Å². The van der Waals surface area contributed by atoms with Crippen LogP contribution in [0.15, 0.2) is 0 Å². The summed E-state index contributed by atoms with van der Waals surface area (Å²) in [4.78, 5) is 0. The predicted octanol–water partition coefficient (Wildman–Crippen LogP) is 2.83. The van der Waals surface area contributed by atoms with Crippen molar-refractivity contribution in [2.45, 2.75) is 59.1 Å². The molecule has 0 amide bonds. The first-order valence-electron chi connectivity index (χ1n) is 6.44. The molecule has 1 aliphatic carbocycles. The standard InChI is InChI=1S/C13H27NO/c1-10(2)14-7-8-15-13-6-5-11(3)12(4)9-13/h10-14H,5-9H2,1-4H3. The molecule has 0 saturated heterocycles. The monoisotopic (exact) mass is 213 g/mol. The molecule has 15 heavy (non-hydrogen) atoms. The second kappa shape index (κ2) is 6.49. The molecule has 3 atom stereocenters. The van der Waals surface area contributed by atoms with Gasteiger partial charge in [-0.25, -0.2) is 0 Å². The normalized spacial score (nSPS) is 32.2. The lowest BCUT2D eigenvalue weighted by molar-refractivity contribution is 0.00386. The topological polar surface area (TPSA) is 21.3 Å². The fourth-order valence-corrected chi connectivity index (χ4v) is 2.22. The molecule has 0 aliphatic heterocycles. The number of ether oxygens (including phenoxy) is 1. The van der Waals surface area contributed by atoms with Gasteiger partial charge < -0.3 is 10.1 Å². The van der Waals surface area contributed by atoms with E-state index in [4.69, 9.17) is 4.74 Å². The van der Waals surface area contributed by atoms with Gasteiger partial charge in [0, 0.05) is 12.6 Å². The molecule has 0 radical (unpaired) electrons. The molecular formula is C13H27NO. The average molecular weight is 213 g/mol. The van der Waals surface area contributed by atoms with Crippen LogP contribution in [0.1, 0.15) is 47.0 Å². The third kappa shape index (κ3) is 4.98. The molecule has 0 heterocycles. The Morgan fingerprint density at radius 1 is 1.20 bits per heavy atom. The molecule has 90 valence electrons. The molecule has 2 nitrogen and oxygen atoms in total. The molecule has 0 aromatic heterocycles. The summed E-state index contributed by atoms with van der Waals surface area (Å²) >= 11 is 0. The molecule has 2 heteroatoms. The van der Waals surface area contributed by atoms with Crippen molar-refractivity contribution in [1.29, 1.82) is 0 Å². The van der Waals surface area contributed by atoms with Crippen LogP contribution in [0.25, 0.3) is 0 Å². The van der Waals surface area contributed by atoms with Crippen LogP contribution in [-0.2, 0) is 4.74 Å². The second-order valence-corrected chi connectivity index (χ2v) is 5.37. The minimum absolute atomic E-state index is 0.519. The van der Waals surface area contributed by atoms with Crippen LogP contribution in [0.2, 0.25) is 0 Å². The van der Waals surface area contributed by atoms with Crippen LogP contribution in [-0.4, -0.2) is 25.3 Å². The van der Waals surface area contributed by atoms with Crippen LogP contribution in [0.3, 0.4) is 0 Å². The van der Waals surface area contributed by atoms with Gasteiger partial charge in [0.2, 0.25) is 0 Å². The van der Waals surface area contributed by atoms with E-state index in [2.05, 4.69) is 33.0 Å². The smallest absolute Gasteiger partial charge is 0.0594 e. The van der Waals surface area contributed by atoms with E-state index >= 15 is 0 Å². The Kier molecular flexibility index (Phi) is 5.62. The number of nitrogens with one attached hydrogen (secondary N) is 1. The first-order valence-corrected chi connectivity index (χ1v) is 6.44. The lowest BCUT2D eigenvalue weighted by atomic mass is 9.80. The van der Waals surface area contributed by atoms with E-state index in [0.29, 0.717) is 12.1 Å². The van der Waals surface area contributed by atoms with E-state index in [1.54, 1.807) is 0 Å². The summed E-state index contributed by atoms with van der Waals surface area (Å²) in [5.74, 6) is 1.72. The fraction of sp³-hybridized carbons (Fsp3) is 1.00.